The molecule has 1 saturated carbocycles. The van der Waals surface area contributed by atoms with Gasteiger partial charge in [-0.25, -0.2) is 28.9 Å². The first-order chi connectivity index (χ1) is 35.6. The van der Waals surface area contributed by atoms with Crippen LogP contribution in [-0.2, 0) is 30.2 Å². The number of hydrogen-bond donors (Lipinski definition) is 4. The number of alkyl carbamates (subject to hydrolysis) is 2. The standard InChI is InChI=1S/C54H63FN10O8S/c1-8-10-43-56-26-42(74-43)51-65-36-13-12-28(34-24-58-48(59-34)40-21-32-19-38(32)64(40)50(67)46(62-53(69)71-7)29-14-16-72-54(4,5)23-29)17-31(36)20-39(65)44-33(55)18-30(22-41(44)73-51)35-25-57-47(60-35)37-11-9-15-63(37)49(66)45(27(2)3)61-52(68)70-6/h12-13,17-18,20,22,24-27,29,32,37-38,40,45-46,51H,8-11,14-16,19,21,23H2,1-7H3,(H,57,60)(H,58,59)(H,61,68)(H,62,69)/t29?,32-,37+,38-,40+,45+,46+,51?/m1/s1. The molecule has 6 aromatic rings. The first-order valence-electron chi connectivity index (χ1n) is 25.8. The monoisotopic (exact) mass is 1030 g/mol. The van der Waals surface area contributed by atoms with Crippen molar-refractivity contribution in [2.75, 3.05) is 27.4 Å². The van der Waals surface area contributed by atoms with E-state index < -0.39 is 41.9 Å². The molecule has 11 rings (SSSR count). The van der Waals surface area contributed by atoms with E-state index in [1.54, 1.807) is 28.6 Å². The van der Waals surface area contributed by atoms with E-state index in [4.69, 9.17) is 33.9 Å². The molecule has 4 amide bonds. The SMILES string of the molecule is CCCc1ncc(C2Oc3cc(-c4cnc([C@@H]5CCCN5C(=O)[C@@H](NC(=O)OC)C(C)C)[nH]4)cc(F)c3-c3cc4cc(-c5cnc([C@@H]6C[C@H]7C[C@H]7N6C(=O)[C@@H](NC(=O)OC)C6CCOC(C)(C)C6)[nH]5)ccc4n32)s1. The Kier molecular flexibility index (Phi) is 13.0. The lowest BCUT2D eigenvalue weighted by molar-refractivity contribution is -0.140. The number of imidazole rings is 2. The maximum absolute atomic E-state index is 17.0. The lowest BCUT2D eigenvalue weighted by Crippen LogP contribution is -2.55. The molecule has 0 spiro atoms. The fourth-order valence-electron chi connectivity index (χ4n) is 11.9. The maximum Gasteiger partial charge on any atom is 0.407 e. The number of fused-ring (bicyclic) bond motifs is 6. The Balaban J connectivity index is 0.898. The predicted molar refractivity (Wildman–Crippen MR) is 273 cm³/mol. The highest BCUT2D eigenvalue weighted by molar-refractivity contribution is 7.11. The minimum Gasteiger partial charge on any atom is -0.464 e. The maximum atomic E-state index is 17.0. The molecule has 8 atom stereocenters. The van der Waals surface area contributed by atoms with E-state index in [-0.39, 0.29) is 41.8 Å². The average Bonchev–Trinajstić information content (AvgIpc) is 4.15. The molecule has 18 nitrogen and oxygen atoms in total. The van der Waals surface area contributed by atoms with Gasteiger partial charge in [0.25, 0.3) is 0 Å². The van der Waals surface area contributed by atoms with Gasteiger partial charge in [0.2, 0.25) is 18.0 Å². The van der Waals surface area contributed by atoms with Crippen LogP contribution >= 0.6 is 11.3 Å². The van der Waals surface area contributed by atoms with Gasteiger partial charge in [-0.15, -0.1) is 11.3 Å². The van der Waals surface area contributed by atoms with Gasteiger partial charge in [0, 0.05) is 41.9 Å². The molecule has 390 valence electrons. The highest BCUT2D eigenvalue weighted by atomic mass is 32.1. The Morgan fingerprint density at radius 3 is 2.38 bits per heavy atom. The van der Waals surface area contributed by atoms with Crippen molar-refractivity contribution in [3.05, 3.63) is 82.3 Å². The second-order valence-corrected chi connectivity index (χ2v) is 22.5. The summed E-state index contributed by atoms with van der Waals surface area (Å²) >= 11 is 1.58. The summed E-state index contributed by atoms with van der Waals surface area (Å²) < 4.78 is 41.7. The minimum absolute atomic E-state index is 0.0740. The van der Waals surface area contributed by atoms with Crippen LogP contribution in [0.1, 0.15) is 119 Å². The summed E-state index contributed by atoms with van der Waals surface area (Å²) in [6, 6.07) is 9.28. The van der Waals surface area contributed by atoms with Crippen molar-refractivity contribution in [3.8, 4) is 39.5 Å². The van der Waals surface area contributed by atoms with Crippen LogP contribution in [0.2, 0.25) is 0 Å². The lowest BCUT2D eigenvalue weighted by Gasteiger charge is -2.40. The van der Waals surface area contributed by atoms with Crippen molar-refractivity contribution in [3.63, 3.8) is 0 Å². The quantitative estimate of drug-likeness (QED) is 0.0857. The number of H-pyrrole nitrogens is 2. The van der Waals surface area contributed by atoms with Crippen LogP contribution in [0.5, 0.6) is 5.75 Å². The zero-order valence-corrected chi connectivity index (χ0v) is 43.5. The molecule has 5 aliphatic rings. The molecule has 74 heavy (non-hydrogen) atoms. The number of piperidine rings is 1. The molecular weight excluding hydrogens is 968 g/mol. The van der Waals surface area contributed by atoms with E-state index >= 15 is 4.39 Å². The van der Waals surface area contributed by atoms with Crippen LogP contribution in [0.25, 0.3) is 44.7 Å². The number of nitrogens with one attached hydrogen (secondary N) is 4. The van der Waals surface area contributed by atoms with Gasteiger partial charge < -0.3 is 49.3 Å². The number of aromatic amines is 2. The third-order valence-corrected chi connectivity index (χ3v) is 16.7. The first kappa shape index (κ1) is 49.4. The summed E-state index contributed by atoms with van der Waals surface area (Å²) in [5, 5.41) is 7.43. The van der Waals surface area contributed by atoms with Gasteiger partial charge in [-0.3, -0.25) is 14.2 Å². The number of nitrogens with zero attached hydrogens (tertiary/aromatic N) is 6. The van der Waals surface area contributed by atoms with Crippen LogP contribution in [0.15, 0.2) is 55.0 Å². The lowest BCUT2D eigenvalue weighted by atomic mass is 9.82. The molecule has 3 saturated heterocycles. The van der Waals surface area contributed by atoms with Crippen molar-refractivity contribution in [2.24, 2.45) is 17.8 Å². The normalized spacial score (nSPS) is 23.4. The Bertz CT molecular complexity index is 3140. The number of aryl methyl sites for hydroxylation is 1. The number of carbonyl (C=O) groups excluding carboxylic acids is 4. The third kappa shape index (κ3) is 9.06. The van der Waals surface area contributed by atoms with E-state index in [1.165, 1.54) is 20.3 Å². The van der Waals surface area contributed by atoms with Crippen LogP contribution in [0, 0.1) is 23.6 Å². The highest BCUT2D eigenvalue weighted by Crippen LogP contribution is 2.54. The molecule has 2 aromatic carbocycles. The molecule has 0 bridgehead atoms. The third-order valence-electron chi connectivity index (χ3n) is 15.6. The minimum atomic E-state index is -0.777. The zero-order valence-electron chi connectivity index (χ0n) is 42.7. The van der Waals surface area contributed by atoms with Crippen LogP contribution in [0.4, 0.5) is 14.0 Å². The van der Waals surface area contributed by atoms with Gasteiger partial charge in [-0.2, -0.15) is 0 Å². The smallest absolute Gasteiger partial charge is 0.407 e. The predicted octanol–water partition coefficient (Wildman–Crippen LogP) is 9.21. The summed E-state index contributed by atoms with van der Waals surface area (Å²) in [6.07, 6.45) is 9.46. The van der Waals surface area contributed by atoms with E-state index in [9.17, 15) is 19.2 Å². The van der Waals surface area contributed by atoms with E-state index in [1.807, 2.05) is 67.6 Å². The highest BCUT2D eigenvalue weighted by Gasteiger charge is 2.57. The van der Waals surface area contributed by atoms with Crippen molar-refractivity contribution in [2.45, 2.75) is 128 Å². The van der Waals surface area contributed by atoms with E-state index in [2.05, 4.69) is 33.6 Å². The van der Waals surface area contributed by atoms with Crippen molar-refractivity contribution in [1.29, 1.82) is 0 Å². The van der Waals surface area contributed by atoms with Gasteiger partial charge in [0.15, 0.2) is 0 Å². The number of likely N-dealkylation sites (tertiary alicyclic amines) is 2. The molecule has 4 aromatic heterocycles. The Morgan fingerprint density at radius 1 is 0.905 bits per heavy atom. The Labute approximate surface area is 432 Å². The number of benzene rings is 2. The molecule has 2 unspecified atom stereocenters. The number of carbonyl (C=O) groups is 4. The Hall–Kier alpha value is -6.80. The van der Waals surface area contributed by atoms with Gasteiger partial charge in [0.05, 0.1) is 82.3 Å². The van der Waals surface area contributed by atoms with Gasteiger partial charge in [0.1, 0.15) is 35.3 Å². The fraction of sp³-hybridized carbons (Fsp3) is 0.500. The summed E-state index contributed by atoms with van der Waals surface area (Å²) in [6.45, 7) is 10.9. The van der Waals surface area contributed by atoms with Gasteiger partial charge in [-0.05, 0) is 113 Å². The van der Waals surface area contributed by atoms with Crippen LogP contribution in [0.3, 0.4) is 0 Å². The fourth-order valence-corrected chi connectivity index (χ4v) is 12.9. The number of thiazole rings is 1. The van der Waals surface area contributed by atoms with Crippen LogP contribution in [-0.4, -0.2) is 114 Å². The van der Waals surface area contributed by atoms with Crippen molar-refractivity contribution in [1.82, 2.24) is 49.9 Å². The van der Waals surface area contributed by atoms with Crippen molar-refractivity contribution >= 4 is 46.2 Å². The molecule has 0 radical (unpaired) electrons. The number of aromatic nitrogens is 6. The summed E-state index contributed by atoms with van der Waals surface area (Å²) in [7, 11) is 2.58. The molecule has 1 aliphatic carbocycles. The molecule has 4 N–H and O–H groups in total. The molecular formula is C54H63FN10O8S. The number of hydrogen-bond acceptors (Lipinski definition) is 12. The number of rotatable bonds is 13. The summed E-state index contributed by atoms with van der Waals surface area (Å²) in [4.78, 5) is 79.2. The Morgan fingerprint density at radius 2 is 1.65 bits per heavy atom. The number of methoxy groups -OCH3 is 2. The second-order valence-electron chi connectivity index (χ2n) is 21.3. The van der Waals surface area contributed by atoms with Gasteiger partial charge in [-0.1, -0.05) is 26.8 Å². The van der Waals surface area contributed by atoms with E-state index in [0.717, 1.165) is 64.1 Å². The number of amides is 4. The molecule has 4 aliphatic heterocycles. The number of halogens is 1. The first-order valence-corrected chi connectivity index (χ1v) is 26.6. The van der Waals surface area contributed by atoms with E-state index in [0.29, 0.717) is 78.2 Å². The topological polar surface area (TPSA) is 211 Å². The zero-order chi connectivity index (χ0) is 51.7. The summed E-state index contributed by atoms with van der Waals surface area (Å²) in [5.41, 5.74) is 4.11. The molecule has 4 fully saturated rings. The molecule has 8 heterocycles. The van der Waals surface area contributed by atoms with Crippen LogP contribution < -0.4 is 15.4 Å². The van der Waals surface area contributed by atoms with Crippen molar-refractivity contribution < 1.29 is 42.5 Å². The second kappa shape index (κ2) is 19.5. The van der Waals surface area contributed by atoms with Gasteiger partial charge >= 0.3 is 12.2 Å². The average molecular weight is 1030 g/mol. The summed E-state index contributed by atoms with van der Waals surface area (Å²) in [5.74, 6) is 0.842. The largest absolute Gasteiger partial charge is 0.464 e. The molecule has 20 heteroatoms. The number of ether oxygens (including phenoxy) is 4.